The first-order valence-corrected chi connectivity index (χ1v) is 16.4. The molecule has 1 saturated carbocycles. The first-order valence-electron chi connectivity index (χ1n) is 14.5. The van der Waals surface area contributed by atoms with Gasteiger partial charge in [0.25, 0.3) is 5.91 Å². The predicted molar refractivity (Wildman–Crippen MR) is 186 cm³/mol. The number of rotatable bonds is 6. The average molecular weight is 780 g/mol. The Kier molecular flexibility index (Phi) is 11.1. The molecule has 9 nitrogen and oxygen atoms in total. The van der Waals surface area contributed by atoms with Crippen molar-refractivity contribution in [2.45, 2.75) is 63.0 Å². The van der Waals surface area contributed by atoms with Crippen molar-refractivity contribution in [3.63, 3.8) is 0 Å². The number of hydrogen-bond donors (Lipinski definition) is 2. The molecule has 49 heavy (non-hydrogen) atoms. The Morgan fingerprint density at radius 1 is 0.776 bits per heavy atom. The molecule has 4 rings (SSSR count). The van der Waals surface area contributed by atoms with Gasteiger partial charge in [-0.25, -0.2) is 18.4 Å². The SMILES string of the molecule is CC(C)(C)OC(=O)N(C(=O)OC(C)(C)C)c1c(F)ccc(NC(=O)c2cc(NC(=O)C3[C@H](c4ccc(Cl)c(Cl)c4)C3(Cl)Cl)ccc2Cl)c1F. The summed E-state index contributed by atoms with van der Waals surface area (Å²) in [6, 6.07) is 10.3. The van der Waals surface area contributed by atoms with Crippen molar-refractivity contribution in [1.82, 2.24) is 0 Å². The molecule has 2 atom stereocenters. The summed E-state index contributed by atoms with van der Waals surface area (Å²) < 4.78 is 40.1. The second kappa shape index (κ2) is 14.1. The number of alkyl halides is 2. The van der Waals surface area contributed by atoms with E-state index in [2.05, 4.69) is 10.6 Å². The molecule has 3 aromatic carbocycles. The van der Waals surface area contributed by atoms with Crippen molar-refractivity contribution in [1.29, 1.82) is 0 Å². The van der Waals surface area contributed by atoms with Gasteiger partial charge in [0, 0.05) is 11.6 Å². The molecule has 0 aromatic heterocycles. The lowest BCUT2D eigenvalue weighted by molar-refractivity contribution is -0.117. The molecule has 4 amide bonds. The lowest BCUT2D eigenvalue weighted by Crippen LogP contribution is -2.44. The fourth-order valence-corrected chi connectivity index (χ4v) is 6.01. The molecule has 1 aliphatic rings. The van der Waals surface area contributed by atoms with Crippen molar-refractivity contribution in [2.75, 3.05) is 15.5 Å². The van der Waals surface area contributed by atoms with Gasteiger partial charge in [0.15, 0.2) is 11.6 Å². The Balaban J connectivity index is 1.60. The highest BCUT2D eigenvalue weighted by Crippen LogP contribution is 2.65. The number of carbonyl (C=O) groups excluding carboxylic acids is 4. The first-order chi connectivity index (χ1) is 22.5. The van der Waals surface area contributed by atoms with Gasteiger partial charge in [0.2, 0.25) is 5.91 Å². The number of nitrogens with one attached hydrogen (secondary N) is 2. The molecule has 2 N–H and O–H groups in total. The van der Waals surface area contributed by atoms with E-state index in [9.17, 15) is 19.2 Å². The maximum Gasteiger partial charge on any atom is 0.424 e. The van der Waals surface area contributed by atoms with Gasteiger partial charge in [-0.05, 0) is 89.6 Å². The molecular weight excluding hydrogens is 750 g/mol. The van der Waals surface area contributed by atoms with Gasteiger partial charge >= 0.3 is 12.2 Å². The van der Waals surface area contributed by atoms with E-state index in [-0.39, 0.29) is 26.2 Å². The van der Waals surface area contributed by atoms with Crippen LogP contribution in [0.2, 0.25) is 15.1 Å². The van der Waals surface area contributed by atoms with E-state index in [0.717, 1.165) is 12.1 Å². The quantitative estimate of drug-likeness (QED) is 0.241. The summed E-state index contributed by atoms with van der Waals surface area (Å²) in [4.78, 5) is 52.7. The molecule has 0 bridgehead atoms. The molecule has 0 heterocycles. The summed E-state index contributed by atoms with van der Waals surface area (Å²) in [7, 11) is 0. The highest BCUT2D eigenvalue weighted by atomic mass is 35.5. The van der Waals surface area contributed by atoms with Gasteiger partial charge in [-0.15, -0.1) is 23.2 Å². The molecule has 3 aromatic rings. The zero-order valence-electron chi connectivity index (χ0n) is 26.8. The van der Waals surface area contributed by atoms with Crippen LogP contribution in [0.1, 0.15) is 63.4 Å². The van der Waals surface area contributed by atoms with Crippen LogP contribution < -0.4 is 15.5 Å². The number of nitrogens with zero attached hydrogens (tertiary/aromatic N) is 1. The molecule has 16 heteroatoms. The summed E-state index contributed by atoms with van der Waals surface area (Å²) in [6.45, 7) is 8.93. The molecule has 0 aliphatic heterocycles. The summed E-state index contributed by atoms with van der Waals surface area (Å²) in [5.74, 6) is -5.89. The van der Waals surface area contributed by atoms with E-state index < -0.39 is 74.4 Å². The summed E-state index contributed by atoms with van der Waals surface area (Å²) in [6.07, 6.45) is -2.85. The van der Waals surface area contributed by atoms with Crippen molar-refractivity contribution >= 4 is 99.1 Å². The van der Waals surface area contributed by atoms with Crippen molar-refractivity contribution in [3.05, 3.63) is 86.4 Å². The summed E-state index contributed by atoms with van der Waals surface area (Å²) >= 11 is 31.3. The standard InChI is InChI=1S/C33H30Cl5F2N3O6/c1-31(2,3)48-29(46)43(30(47)49-32(4,5)6)26-21(39)11-12-22(25(26)40)42-27(44)17-14-16(8-10-18(17)34)41-28(45)24-23(33(24,37)38)15-7-9-19(35)20(36)13-15/h7-14,23-24H,1-6H3,(H,41,45)(H,42,44)/t23-,24?/m0/s1. The van der Waals surface area contributed by atoms with Gasteiger partial charge < -0.3 is 20.1 Å². The monoisotopic (exact) mass is 777 g/mol. The van der Waals surface area contributed by atoms with Crippen LogP contribution in [0.15, 0.2) is 48.5 Å². The van der Waals surface area contributed by atoms with Crippen molar-refractivity contribution < 1.29 is 37.4 Å². The van der Waals surface area contributed by atoms with Gasteiger partial charge in [-0.2, -0.15) is 4.90 Å². The van der Waals surface area contributed by atoms with Crippen LogP contribution in [0, 0.1) is 17.6 Å². The van der Waals surface area contributed by atoms with E-state index in [1.807, 2.05) is 0 Å². The lowest BCUT2D eigenvalue weighted by atomic mass is 10.1. The Labute approximate surface area is 306 Å². The molecular formula is C33H30Cl5F2N3O6. The normalized spacial score (nSPS) is 16.8. The van der Waals surface area contributed by atoms with Crippen molar-refractivity contribution in [2.24, 2.45) is 5.92 Å². The highest BCUT2D eigenvalue weighted by molar-refractivity contribution is 6.53. The molecule has 0 spiro atoms. The third kappa shape index (κ3) is 8.88. The number of hydrogen-bond acceptors (Lipinski definition) is 6. The maximum atomic E-state index is 15.9. The number of halogens is 7. The van der Waals surface area contributed by atoms with Crippen LogP contribution in [0.4, 0.5) is 35.4 Å². The van der Waals surface area contributed by atoms with E-state index >= 15 is 8.78 Å². The van der Waals surface area contributed by atoms with E-state index in [4.69, 9.17) is 67.5 Å². The number of imide groups is 1. The number of amides is 4. The molecule has 0 saturated heterocycles. The van der Waals surface area contributed by atoms with Gasteiger partial charge in [0.05, 0.1) is 32.2 Å². The van der Waals surface area contributed by atoms with Crippen LogP contribution in [0.5, 0.6) is 0 Å². The molecule has 0 radical (unpaired) electrons. The lowest BCUT2D eigenvalue weighted by Gasteiger charge is -2.29. The third-order valence-electron chi connectivity index (χ3n) is 6.81. The third-order valence-corrected chi connectivity index (χ3v) is 8.82. The highest BCUT2D eigenvalue weighted by Gasteiger charge is 2.67. The minimum Gasteiger partial charge on any atom is -0.443 e. The number of benzene rings is 3. The smallest absolute Gasteiger partial charge is 0.424 e. The minimum atomic E-state index is -1.49. The zero-order chi connectivity index (χ0) is 36.8. The van der Waals surface area contributed by atoms with Crippen LogP contribution in [0.3, 0.4) is 0 Å². The molecule has 1 unspecified atom stereocenters. The van der Waals surface area contributed by atoms with Gasteiger partial charge in [-0.3, -0.25) is 9.59 Å². The van der Waals surface area contributed by atoms with Crippen molar-refractivity contribution in [3.8, 4) is 0 Å². The largest absolute Gasteiger partial charge is 0.443 e. The second-order valence-electron chi connectivity index (χ2n) is 13.0. The van der Waals surface area contributed by atoms with E-state index in [0.29, 0.717) is 10.6 Å². The number of anilines is 3. The zero-order valence-corrected chi connectivity index (χ0v) is 30.6. The van der Waals surface area contributed by atoms with E-state index in [1.165, 1.54) is 59.7 Å². The number of carbonyl (C=O) groups is 4. The minimum absolute atomic E-state index is 0.0663. The summed E-state index contributed by atoms with van der Waals surface area (Å²) in [5.41, 5.74) is -3.61. The fraction of sp³-hybridized carbons (Fsp3) is 0.333. The predicted octanol–water partition coefficient (Wildman–Crippen LogP) is 10.4. The average Bonchev–Trinajstić information content (AvgIpc) is 3.54. The van der Waals surface area contributed by atoms with Crippen LogP contribution in [-0.2, 0) is 14.3 Å². The molecule has 1 fully saturated rings. The van der Waals surface area contributed by atoms with Crippen LogP contribution in [-0.4, -0.2) is 39.5 Å². The Bertz CT molecular complexity index is 1820. The Hall–Kier alpha value is -3.35. The maximum absolute atomic E-state index is 15.9. The van der Waals surface area contributed by atoms with E-state index in [1.54, 1.807) is 18.2 Å². The Morgan fingerprint density at radius 2 is 1.35 bits per heavy atom. The van der Waals surface area contributed by atoms with Gasteiger partial charge in [-0.1, -0.05) is 40.9 Å². The van der Waals surface area contributed by atoms with Gasteiger partial charge in [0.1, 0.15) is 21.2 Å². The number of ether oxygens (including phenoxy) is 2. The second-order valence-corrected chi connectivity index (χ2v) is 15.7. The fourth-order valence-electron chi connectivity index (χ4n) is 4.67. The Morgan fingerprint density at radius 3 is 1.90 bits per heavy atom. The summed E-state index contributed by atoms with van der Waals surface area (Å²) in [5, 5.41) is 5.38. The first kappa shape index (κ1) is 38.5. The topological polar surface area (TPSA) is 114 Å². The van der Waals surface area contributed by atoms with Crippen LogP contribution in [0.25, 0.3) is 0 Å². The van der Waals surface area contributed by atoms with Crippen LogP contribution >= 0.6 is 58.0 Å². The molecule has 262 valence electrons. The molecule has 1 aliphatic carbocycles.